The summed E-state index contributed by atoms with van der Waals surface area (Å²) in [5.41, 5.74) is 6.18. The number of nitrogens with zero attached hydrogens (tertiary/aromatic N) is 2. The van der Waals surface area contributed by atoms with E-state index >= 15 is 0 Å². The van der Waals surface area contributed by atoms with Gasteiger partial charge in [-0.15, -0.1) is 0 Å². The Hall–Kier alpha value is -4.21. The van der Waals surface area contributed by atoms with Crippen molar-refractivity contribution in [1.82, 2.24) is 9.47 Å². The highest BCUT2D eigenvalue weighted by Crippen LogP contribution is 2.31. The van der Waals surface area contributed by atoms with E-state index in [4.69, 9.17) is 4.74 Å². The average molecular weight is 558 g/mol. The number of aromatic nitrogens is 1. The first kappa shape index (κ1) is 27.4. The van der Waals surface area contributed by atoms with Crippen molar-refractivity contribution in [3.63, 3.8) is 0 Å². The van der Waals surface area contributed by atoms with Crippen LogP contribution in [0.2, 0.25) is 0 Å². The van der Waals surface area contributed by atoms with Crippen LogP contribution in [0.5, 0.6) is 0 Å². The van der Waals surface area contributed by atoms with E-state index in [0.29, 0.717) is 43.1 Å². The molecule has 9 heteroatoms. The van der Waals surface area contributed by atoms with Gasteiger partial charge in [0.05, 0.1) is 29.4 Å². The van der Waals surface area contributed by atoms with Crippen LogP contribution in [0, 0.1) is 13.8 Å². The van der Waals surface area contributed by atoms with Crippen LogP contribution in [-0.4, -0.2) is 62.3 Å². The van der Waals surface area contributed by atoms with E-state index in [2.05, 4.69) is 5.32 Å². The molecule has 4 aromatic rings. The number of rotatable bonds is 6. The van der Waals surface area contributed by atoms with Gasteiger partial charge in [0.25, 0.3) is 11.8 Å². The molecule has 0 radical (unpaired) electrons. The van der Waals surface area contributed by atoms with Crippen LogP contribution >= 0.6 is 0 Å². The number of benzene rings is 3. The number of hydrogen-bond donors (Lipinski definition) is 1. The van der Waals surface area contributed by atoms with Crippen molar-refractivity contribution in [2.24, 2.45) is 0 Å². The zero-order valence-electron chi connectivity index (χ0n) is 22.7. The standard InChI is InChI=1S/C31H31N3O5S/c1-21-20-28(30(35)32-25-12-14-26(15-13-25)40(3,37)38)22(2)34(21)29-7-5-4-6-27(29)23-8-10-24(11-9-23)31(36)33-16-18-39-19-17-33/h4-15,20H,16-19H2,1-3H3,(H,32,35). The summed E-state index contributed by atoms with van der Waals surface area (Å²) >= 11 is 0. The van der Waals surface area contributed by atoms with Gasteiger partial charge in [0.15, 0.2) is 9.84 Å². The number of anilines is 1. The second-order valence-corrected chi connectivity index (χ2v) is 11.9. The molecule has 0 atom stereocenters. The Morgan fingerprint density at radius 3 is 2.17 bits per heavy atom. The summed E-state index contributed by atoms with van der Waals surface area (Å²) in [4.78, 5) is 28.1. The maximum atomic E-state index is 13.2. The molecule has 1 aliphatic heterocycles. The number of sulfone groups is 1. The van der Waals surface area contributed by atoms with Crippen LogP contribution in [0.3, 0.4) is 0 Å². The predicted octanol–water partition coefficient (Wildman–Crippen LogP) is 4.89. The van der Waals surface area contributed by atoms with E-state index < -0.39 is 9.84 Å². The monoisotopic (exact) mass is 557 g/mol. The van der Waals surface area contributed by atoms with Crippen LogP contribution in [0.15, 0.2) is 83.8 Å². The van der Waals surface area contributed by atoms with Crippen LogP contribution in [0.4, 0.5) is 5.69 Å². The largest absolute Gasteiger partial charge is 0.378 e. The lowest BCUT2D eigenvalue weighted by Crippen LogP contribution is -2.40. The van der Waals surface area contributed by atoms with Gasteiger partial charge in [-0.25, -0.2) is 8.42 Å². The summed E-state index contributed by atoms with van der Waals surface area (Å²) in [6, 6.07) is 23.5. The van der Waals surface area contributed by atoms with Crippen molar-refractivity contribution in [2.75, 3.05) is 37.9 Å². The van der Waals surface area contributed by atoms with Crippen molar-refractivity contribution in [3.8, 4) is 16.8 Å². The molecule has 1 aromatic heterocycles. The molecule has 1 N–H and O–H groups in total. The molecule has 0 saturated carbocycles. The number of amides is 2. The second-order valence-electron chi connectivity index (χ2n) is 9.87. The molecular weight excluding hydrogens is 526 g/mol. The molecule has 3 aromatic carbocycles. The topological polar surface area (TPSA) is 97.7 Å². The van der Waals surface area contributed by atoms with Crippen LogP contribution in [0.1, 0.15) is 32.1 Å². The van der Waals surface area contributed by atoms with Gasteiger partial charge < -0.3 is 19.5 Å². The smallest absolute Gasteiger partial charge is 0.257 e. The summed E-state index contributed by atoms with van der Waals surface area (Å²) in [5, 5.41) is 2.87. The van der Waals surface area contributed by atoms with E-state index in [-0.39, 0.29) is 16.7 Å². The van der Waals surface area contributed by atoms with Gasteiger partial charge in [-0.2, -0.15) is 0 Å². The van der Waals surface area contributed by atoms with Gasteiger partial charge in [-0.1, -0.05) is 30.3 Å². The molecule has 1 aliphatic rings. The van der Waals surface area contributed by atoms with E-state index in [1.54, 1.807) is 12.1 Å². The first-order valence-electron chi connectivity index (χ1n) is 13.0. The molecule has 206 valence electrons. The van der Waals surface area contributed by atoms with Crippen molar-refractivity contribution < 1.29 is 22.7 Å². The van der Waals surface area contributed by atoms with E-state index in [1.807, 2.05) is 77.9 Å². The fourth-order valence-electron chi connectivity index (χ4n) is 5.00. The van der Waals surface area contributed by atoms with Crippen LogP contribution < -0.4 is 5.32 Å². The molecule has 0 bridgehead atoms. The minimum Gasteiger partial charge on any atom is -0.378 e. The Morgan fingerprint density at radius 2 is 1.52 bits per heavy atom. The number of para-hydroxylation sites is 1. The van der Waals surface area contributed by atoms with Crippen LogP contribution in [0.25, 0.3) is 16.8 Å². The minimum absolute atomic E-state index is 0.00171. The third-order valence-electron chi connectivity index (χ3n) is 7.10. The second kappa shape index (κ2) is 11.1. The normalized spacial score (nSPS) is 13.7. The quantitative estimate of drug-likeness (QED) is 0.364. The SMILES string of the molecule is Cc1cc(C(=O)Nc2ccc(S(C)(=O)=O)cc2)c(C)n1-c1ccccc1-c1ccc(C(=O)N2CCOCC2)cc1. The fourth-order valence-corrected chi connectivity index (χ4v) is 5.63. The highest BCUT2D eigenvalue weighted by Gasteiger charge is 2.21. The third kappa shape index (κ3) is 5.57. The number of morpholine rings is 1. The summed E-state index contributed by atoms with van der Waals surface area (Å²) in [6.45, 7) is 6.15. The van der Waals surface area contributed by atoms with Gasteiger partial charge >= 0.3 is 0 Å². The third-order valence-corrected chi connectivity index (χ3v) is 8.23. The van der Waals surface area contributed by atoms with Crippen molar-refractivity contribution in [1.29, 1.82) is 0 Å². The Balaban J connectivity index is 1.41. The Labute approximate surface area is 234 Å². The zero-order valence-corrected chi connectivity index (χ0v) is 23.5. The molecule has 2 amide bonds. The van der Waals surface area contributed by atoms with E-state index in [9.17, 15) is 18.0 Å². The van der Waals surface area contributed by atoms with Crippen molar-refractivity contribution in [2.45, 2.75) is 18.7 Å². The Kier molecular flexibility index (Phi) is 7.60. The molecule has 0 aliphatic carbocycles. The highest BCUT2D eigenvalue weighted by molar-refractivity contribution is 7.90. The minimum atomic E-state index is -3.32. The molecule has 40 heavy (non-hydrogen) atoms. The molecule has 1 saturated heterocycles. The van der Waals surface area contributed by atoms with E-state index in [1.165, 1.54) is 12.1 Å². The predicted molar refractivity (Wildman–Crippen MR) is 155 cm³/mol. The number of carbonyl (C=O) groups is 2. The Bertz CT molecular complexity index is 1670. The molecular formula is C31H31N3O5S. The summed E-state index contributed by atoms with van der Waals surface area (Å²) in [7, 11) is -3.32. The lowest BCUT2D eigenvalue weighted by Gasteiger charge is -2.27. The number of ether oxygens (including phenoxy) is 1. The molecule has 8 nitrogen and oxygen atoms in total. The van der Waals surface area contributed by atoms with E-state index in [0.717, 1.165) is 34.5 Å². The number of nitrogens with one attached hydrogen (secondary N) is 1. The number of carbonyl (C=O) groups excluding carboxylic acids is 2. The molecule has 5 rings (SSSR count). The number of aryl methyl sites for hydroxylation is 1. The summed E-state index contributed by atoms with van der Waals surface area (Å²) in [5.74, 6) is -0.281. The zero-order chi connectivity index (χ0) is 28.4. The maximum Gasteiger partial charge on any atom is 0.257 e. The molecule has 0 unspecified atom stereocenters. The average Bonchev–Trinajstić information content (AvgIpc) is 3.26. The molecule has 1 fully saturated rings. The van der Waals surface area contributed by atoms with Gasteiger partial charge in [-0.05, 0) is 67.9 Å². The van der Waals surface area contributed by atoms with Gasteiger partial charge in [-0.3, -0.25) is 9.59 Å². The molecule has 2 heterocycles. The summed E-state index contributed by atoms with van der Waals surface area (Å²) in [6.07, 6.45) is 1.15. The number of hydrogen-bond acceptors (Lipinski definition) is 5. The van der Waals surface area contributed by atoms with Gasteiger partial charge in [0.1, 0.15) is 0 Å². The molecule has 0 spiro atoms. The lowest BCUT2D eigenvalue weighted by molar-refractivity contribution is 0.0303. The van der Waals surface area contributed by atoms with Gasteiger partial charge in [0, 0.05) is 47.5 Å². The van der Waals surface area contributed by atoms with Crippen LogP contribution in [-0.2, 0) is 14.6 Å². The lowest BCUT2D eigenvalue weighted by atomic mass is 10.0. The fraction of sp³-hybridized carbons (Fsp3) is 0.226. The van der Waals surface area contributed by atoms with Gasteiger partial charge in [0.2, 0.25) is 0 Å². The first-order chi connectivity index (χ1) is 19.1. The van der Waals surface area contributed by atoms with Crippen molar-refractivity contribution in [3.05, 3.63) is 101 Å². The summed E-state index contributed by atoms with van der Waals surface area (Å²) < 4.78 is 30.9. The Morgan fingerprint density at radius 1 is 0.875 bits per heavy atom. The highest BCUT2D eigenvalue weighted by atomic mass is 32.2. The first-order valence-corrected chi connectivity index (χ1v) is 14.9. The maximum absolute atomic E-state index is 13.2. The van der Waals surface area contributed by atoms with Crippen molar-refractivity contribution >= 4 is 27.3 Å².